The Kier molecular flexibility index (Phi) is 6.22. The molecule has 0 nitrogen and oxygen atoms in total. The van der Waals surface area contributed by atoms with Crippen LogP contribution in [0.2, 0.25) is 0 Å². The molecule has 0 unspecified atom stereocenters. The second kappa shape index (κ2) is 9.01. The molecule has 0 aliphatic heterocycles. The van der Waals surface area contributed by atoms with Crippen molar-refractivity contribution in [1.82, 2.24) is 0 Å². The first-order valence-electron chi connectivity index (χ1n) is 9.28. The monoisotopic (exact) mass is 338 g/mol. The van der Waals surface area contributed by atoms with Crippen LogP contribution >= 0.6 is 0 Å². The van der Waals surface area contributed by atoms with Crippen molar-refractivity contribution in [3.05, 3.63) is 119 Å². The average Bonchev–Trinajstić information content (AvgIpc) is 2.71. The van der Waals surface area contributed by atoms with Crippen LogP contribution < -0.4 is 0 Å². The van der Waals surface area contributed by atoms with Gasteiger partial charge in [0.1, 0.15) is 0 Å². The van der Waals surface area contributed by atoms with Gasteiger partial charge >= 0.3 is 0 Å². The highest BCUT2D eigenvalue weighted by Gasteiger charge is 2.04. The van der Waals surface area contributed by atoms with Crippen molar-refractivity contribution in [3.63, 3.8) is 0 Å². The summed E-state index contributed by atoms with van der Waals surface area (Å²) in [5.41, 5.74) is 8.04. The van der Waals surface area contributed by atoms with Crippen LogP contribution in [0.15, 0.2) is 86.0 Å². The van der Waals surface area contributed by atoms with Gasteiger partial charge < -0.3 is 0 Å². The molecule has 3 rings (SSSR count). The predicted molar refractivity (Wildman–Crippen MR) is 114 cm³/mol. The molecular weight excluding hydrogens is 312 g/mol. The zero-order valence-corrected chi connectivity index (χ0v) is 15.3. The molecule has 0 saturated heterocycles. The van der Waals surface area contributed by atoms with Gasteiger partial charge in [0, 0.05) is 0 Å². The molecule has 3 aromatic rings. The minimum absolute atomic E-state index is 1.06. The molecule has 130 valence electrons. The summed E-state index contributed by atoms with van der Waals surface area (Å²) in [6.07, 6.45) is 8.09. The Morgan fingerprint density at radius 1 is 0.538 bits per heavy atom. The molecule has 0 amide bonds. The molecule has 0 heterocycles. The number of rotatable bonds is 8. The van der Waals surface area contributed by atoms with Crippen molar-refractivity contribution in [2.45, 2.75) is 25.7 Å². The standard InChI is InChI=1S/C26H26/c1-3-21-9-7-11-23(19-21)15-17-25-13-5-6-14-26(25)18-16-24-12-8-10-22(4-2)20-24/h3-14,19-20H,1-2,15-18H2. The van der Waals surface area contributed by atoms with Gasteiger partial charge in [0.25, 0.3) is 0 Å². The maximum Gasteiger partial charge on any atom is -0.0236 e. The van der Waals surface area contributed by atoms with Crippen LogP contribution in [0.3, 0.4) is 0 Å². The third kappa shape index (κ3) is 4.83. The van der Waals surface area contributed by atoms with Gasteiger partial charge in [-0.1, -0.05) is 98.1 Å². The molecular formula is C26H26. The Morgan fingerprint density at radius 2 is 1.00 bits per heavy atom. The minimum Gasteiger partial charge on any atom is -0.0985 e. The van der Waals surface area contributed by atoms with Crippen molar-refractivity contribution in [3.8, 4) is 0 Å². The molecule has 0 N–H and O–H groups in total. The van der Waals surface area contributed by atoms with Gasteiger partial charge in [0.2, 0.25) is 0 Å². The van der Waals surface area contributed by atoms with E-state index < -0.39 is 0 Å². The maximum atomic E-state index is 3.86. The first-order valence-corrected chi connectivity index (χ1v) is 9.28. The van der Waals surface area contributed by atoms with Crippen molar-refractivity contribution in [2.24, 2.45) is 0 Å². The van der Waals surface area contributed by atoms with Crippen molar-refractivity contribution in [1.29, 1.82) is 0 Å². The second-order valence-electron chi connectivity index (χ2n) is 6.67. The van der Waals surface area contributed by atoms with Crippen LogP contribution in [0.5, 0.6) is 0 Å². The van der Waals surface area contributed by atoms with Crippen LogP contribution in [-0.4, -0.2) is 0 Å². The largest absolute Gasteiger partial charge is 0.0985 e. The van der Waals surface area contributed by atoms with Gasteiger partial charge in [0.05, 0.1) is 0 Å². The summed E-state index contributed by atoms with van der Waals surface area (Å²) in [4.78, 5) is 0. The Balaban J connectivity index is 1.67. The topological polar surface area (TPSA) is 0 Å². The fourth-order valence-corrected chi connectivity index (χ4v) is 3.35. The van der Waals surface area contributed by atoms with Crippen molar-refractivity contribution < 1.29 is 0 Å². The predicted octanol–water partition coefficient (Wildman–Crippen LogP) is 6.54. The first-order chi connectivity index (χ1) is 12.8. The normalized spacial score (nSPS) is 10.5. The molecule has 0 fully saturated rings. The molecule has 0 saturated carbocycles. The third-order valence-electron chi connectivity index (χ3n) is 4.86. The van der Waals surface area contributed by atoms with E-state index in [4.69, 9.17) is 0 Å². The van der Waals surface area contributed by atoms with E-state index in [-0.39, 0.29) is 0 Å². The fourth-order valence-electron chi connectivity index (χ4n) is 3.35. The summed E-state index contributed by atoms with van der Waals surface area (Å²) in [6.45, 7) is 7.73. The van der Waals surface area contributed by atoms with E-state index in [9.17, 15) is 0 Å². The Hall–Kier alpha value is -2.86. The lowest BCUT2D eigenvalue weighted by Crippen LogP contribution is -1.99. The third-order valence-corrected chi connectivity index (χ3v) is 4.86. The van der Waals surface area contributed by atoms with Gasteiger partial charge in [-0.25, -0.2) is 0 Å². The SMILES string of the molecule is C=Cc1cccc(CCc2ccccc2CCc2cccc(C=C)c2)c1. The molecule has 0 atom stereocenters. The molecule has 0 spiro atoms. The maximum absolute atomic E-state index is 3.86. The summed E-state index contributed by atoms with van der Waals surface area (Å²) >= 11 is 0. The van der Waals surface area contributed by atoms with Gasteiger partial charge in [-0.15, -0.1) is 0 Å². The summed E-state index contributed by atoms with van der Waals surface area (Å²) in [5, 5.41) is 0. The van der Waals surface area contributed by atoms with Crippen LogP contribution in [-0.2, 0) is 25.7 Å². The van der Waals surface area contributed by atoms with E-state index in [1.807, 2.05) is 12.2 Å². The first kappa shape index (κ1) is 17.9. The smallest absolute Gasteiger partial charge is 0.0236 e. The van der Waals surface area contributed by atoms with Gasteiger partial charge in [-0.2, -0.15) is 0 Å². The van der Waals surface area contributed by atoms with Crippen molar-refractivity contribution >= 4 is 12.2 Å². The van der Waals surface area contributed by atoms with E-state index in [1.165, 1.54) is 33.4 Å². The summed E-state index contributed by atoms with van der Waals surface area (Å²) < 4.78 is 0. The molecule has 0 radical (unpaired) electrons. The van der Waals surface area contributed by atoms with Gasteiger partial charge in [0.15, 0.2) is 0 Å². The molecule has 0 aliphatic rings. The zero-order valence-electron chi connectivity index (χ0n) is 15.3. The number of aryl methyl sites for hydroxylation is 4. The number of hydrogen-bond acceptors (Lipinski definition) is 0. The van der Waals surface area contributed by atoms with Crippen LogP contribution in [0.4, 0.5) is 0 Å². The van der Waals surface area contributed by atoms with E-state index in [1.54, 1.807) is 0 Å². The van der Waals surface area contributed by atoms with E-state index in [2.05, 4.69) is 86.0 Å². The van der Waals surface area contributed by atoms with E-state index in [0.29, 0.717) is 0 Å². The summed E-state index contributed by atoms with van der Waals surface area (Å²) in [5.74, 6) is 0. The number of hydrogen-bond donors (Lipinski definition) is 0. The lowest BCUT2D eigenvalue weighted by atomic mass is 9.95. The summed E-state index contributed by atoms with van der Waals surface area (Å²) in [6, 6.07) is 26.1. The lowest BCUT2D eigenvalue weighted by molar-refractivity contribution is 0.894. The average molecular weight is 338 g/mol. The lowest BCUT2D eigenvalue weighted by Gasteiger charge is -2.10. The van der Waals surface area contributed by atoms with E-state index in [0.717, 1.165) is 25.7 Å². The van der Waals surface area contributed by atoms with Gasteiger partial charge in [-0.05, 0) is 59.1 Å². The molecule has 0 bridgehead atoms. The fraction of sp³-hybridized carbons (Fsp3) is 0.154. The highest BCUT2D eigenvalue weighted by Crippen LogP contribution is 2.17. The zero-order chi connectivity index (χ0) is 18.2. The highest BCUT2D eigenvalue weighted by atomic mass is 14.1. The highest BCUT2D eigenvalue weighted by molar-refractivity contribution is 5.49. The molecule has 3 aromatic carbocycles. The summed E-state index contributed by atoms with van der Waals surface area (Å²) in [7, 11) is 0. The Labute approximate surface area is 157 Å². The van der Waals surface area contributed by atoms with Crippen molar-refractivity contribution in [2.75, 3.05) is 0 Å². The Morgan fingerprint density at radius 3 is 1.42 bits per heavy atom. The van der Waals surface area contributed by atoms with Crippen LogP contribution in [0.25, 0.3) is 12.2 Å². The van der Waals surface area contributed by atoms with Gasteiger partial charge in [-0.3, -0.25) is 0 Å². The molecule has 0 aromatic heterocycles. The van der Waals surface area contributed by atoms with Crippen LogP contribution in [0.1, 0.15) is 33.4 Å². The molecule has 26 heavy (non-hydrogen) atoms. The van der Waals surface area contributed by atoms with E-state index >= 15 is 0 Å². The second-order valence-corrected chi connectivity index (χ2v) is 6.67. The number of benzene rings is 3. The van der Waals surface area contributed by atoms with Crippen LogP contribution in [0, 0.1) is 0 Å². The minimum atomic E-state index is 1.06. The quantitative estimate of drug-likeness (QED) is 0.437. The molecule has 0 heteroatoms. The molecule has 0 aliphatic carbocycles. The Bertz CT molecular complexity index is 811.